The number of benzene rings is 2. The van der Waals surface area contributed by atoms with Gasteiger partial charge in [0.25, 0.3) is 0 Å². The van der Waals surface area contributed by atoms with Gasteiger partial charge in [-0.1, -0.05) is 60.7 Å². The van der Waals surface area contributed by atoms with Gasteiger partial charge in [0.15, 0.2) is 5.96 Å². The molecule has 5 nitrogen and oxygen atoms in total. The van der Waals surface area contributed by atoms with Crippen molar-refractivity contribution in [3.05, 3.63) is 71.8 Å². The second-order valence-corrected chi connectivity index (χ2v) is 9.05. The van der Waals surface area contributed by atoms with Crippen molar-refractivity contribution in [2.75, 3.05) is 32.4 Å². The van der Waals surface area contributed by atoms with Gasteiger partial charge in [-0.15, -0.1) is 0 Å². The van der Waals surface area contributed by atoms with Crippen molar-refractivity contribution in [1.29, 1.82) is 0 Å². The molecule has 29 heavy (non-hydrogen) atoms. The van der Waals surface area contributed by atoms with Gasteiger partial charge in [0.1, 0.15) is 0 Å². The monoisotopic (exact) mass is 412 g/mol. The maximum absolute atomic E-state index is 12.3. The first-order valence-electron chi connectivity index (χ1n) is 10.4. The molecular formula is C23H32N4OS. The summed E-state index contributed by atoms with van der Waals surface area (Å²) in [6.45, 7) is 3.79. The molecule has 6 heteroatoms. The van der Waals surface area contributed by atoms with Crippen molar-refractivity contribution >= 4 is 16.8 Å². The van der Waals surface area contributed by atoms with Gasteiger partial charge >= 0.3 is 0 Å². The first-order chi connectivity index (χ1) is 14.2. The minimum Gasteiger partial charge on any atom is -0.355 e. The van der Waals surface area contributed by atoms with E-state index in [-0.39, 0.29) is 0 Å². The Labute approximate surface area is 177 Å². The molecule has 1 heterocycles. The summed E-state index contributed by atoms with van der Waals surface area (Å²) in [6.07, 6.45) is 2.33. The van der Waals surface area contributed by atoms with Crippen molar-refractivity contribution in [3.63, 3.8) is 0 Å². The molecule has 3 rings (SSSR count). The number of likely N-dealkylation sites (tertiary alicyclic amines) is 1. The van der Waals surface area contributed by atoms with Crippen LogP contribution in [0.1, 0.15) is 24.0 Å². The summed E-state index contributed by atoms with van der Waals surface area (Å²) < 4.78 is 12.3. The molecule has 1 saturated heterocycles. The van der Waals surface area contributed by atoms with Crippen LogP contribution in [-0.2, 0) is 23.1 Å². The molecule has 1 fully saturated rings. The van der Waals surface area contributed by atoms with Gasteiger partial charge in [0.2, 0.25) is 0 Å². The van der Waals surface area contributed by atoms with Crippen LogP contribution in [0, 0.1) is 0 Å². The number of hydrogen-bond acceptors (Lipinski definition) is 3. The molecule has 2 aromatic carbocycles. The molecule has 156 valence electrons. The zero-order chi connectivity index (χ0) is 20.3. The molecule has 0 saturated carbocycles. The quantitative estimate of drug-likeness (QED) is 0.517. The average molecular weight is 413 g/mol. The highest BCUT2D eigenvalue weighted by Crippen LogP contribution is 2.13. The molecule has 0 aliphatic carbocycles. The highest BCUT2D eigenvalue weighted by Gasteiger charge is 2.20. The minimum absolute atomic E-state index is 0.383. The topological polar surface area (TPSA) is 56.7 Å². The van der Waals surface area contributed by atoms with E-state index in [0.29, 0.717) is 24.1 Å². The van der Waals surface area contributed by atoms with E-state index in [9.17, 15) is 4.21 Å². The van der Waals surface area contributed by atoms with Gasteiger partial charge in [0.05, 0.1) is 0 Å². The third-order valence-corrected chi connectivity index (χ3v) is 6.43. The number of nitrogens with zero attached hydrogens (tertiary/aromatic N) is 2. The van der Waals surface area contributed by atoms with Crippen LogP contribution in [0.2, 0.25) is 0 Å². The van der Waals surface area contributed by atoms with Crippen LogP contribution < -0.4 is 10.6 Å². The van der Waals surface area contributed by atoms with Crippen molar-refractivity contribution in [2.24, 2.45) is 4.99 Å². The molecule has 2 atom stereocenters. The average Bonchev–Trinajstić information content (AvgIpc) is 2.75. The smallest absolute Gasteiger partial charge is 0.191 e. The molecule has 1 aliphatic rings. The molecule has 2 N–H and O–H groups in total. The molecular weight excluding hydrogens is 380 g/mol. The van der Waals surface area contributed by atoms with Gasteiger partial charge in [0, 0.05) is 55.0 Å². The Kier molecular flexibility index (Phi) is 8.71. The summed E-state index contributed by atoms with van der Waals surface area (Å²) in [5, 5.41) is 6.87. The van der Waals surface area contributed by atoms with E-state index in [0.717, 1.165) is 37.6 Å². The lowest BCUT2D eigenvalue weighted by molar-refractivity contribution is 0.192. The van der Waals surface area contributed by atoms with Crippen molar-refractivity contribution in [1.82, 2.24) is 15.5 Å². The Bertz CT molecular complexity index is 782. The number of nitrogens with one attached hydrogen (secondary N) is 2. The van der Waals surface area contributed by atoms with E-state index >= 15 is 0 Å². The lowest BCUT2D eigenvalue weighted by Gasteiger charge is -2.34. The third-order valence-electron chi connectivity index (χ3n) is 5.11. The van der Waals surface area contributed by atoms with Crippen molar-refractivity contribution in [3.8, 4) is 0 Å². The van der Waals surface area contributed by atoms with Gasteiger partial charge in [-0.25, -0.2) is 0 Å². The molecule has 0 amide bonds. The summed E-state index contributed by atoms with van der Waals surface area (Å²) >= 11 is 0. The lowest BCUT2D eigenvalue weighted by atomic mass is 10.0. The fraction of sp³-hybridized carbons (Fsp3) is 0.435. The van der Waals surface area contributed by atoms with E-state index in [1.807, 2.05) is 30.3 Å². The van der Waals surface area contributed by atoms with Crippen molar-refractivity contribution < 1.29 is 4.21 Å². The van der Waals surface area contributed by atoms with Crippen LogP contribution in [-0.4, -0.2) is 53.5 Å². The highest BCUT2D eigenvalue weighted by molar-refractivity contribution is 7.84. The van der Waals surface area contributed by atoms with Crippen LogP contribution in [0.15, 0.2) is 65.7 Å². The van der Waals surface area contributed by atoms with Crippen LogP contribution in [0.3, 0.4) is 0 Å². The van der Waals surface area contributed by atoms with Gasteiger partial charge in [-0.3, -0.25) is 14.1 Å². The Morgan fingerprint density at radius 3 is 2.48 bits per heavy atom. The van der Waals surface area contributed by atoms with E-state index in [4.69, 9.17) is 0 Å². The first-order valence-corrected chi connectivity index (χ1v) is 11.8. The fourth-order valence-electron chi connectivity index (χ4n) is 3.66. The molecule has 0 spiro atoms. The first kappa shape index (κ1) is 21.5. The van der Waals surface area contributed by atoms with E-state index in [1.165, 1.54) is 12.0 Å². The van der Waals surface area contributed by atoms with Gasteiger partial charge < -0.3 is 10.6 Å². The zero-order valence-electron chi connectivity index (χ0n) is 17.2. The third kappa shape index (κ3) is 7.63. The summed E-state index contributed by atoms with van der Waals surface area (Å²) in [5.41, 5.74) is 2.48. The Morgan fingerprint density at radius 2 is 1.79 bits per heavy atom. The predicted molar refractivity (Wildman–Crippen MR) is 122 cm³/mol. The standard InChI is InChI=1S/C23H32N4OS/c1-24-23(25-14-16-29(28)19-21-11-6-3-7-12-21)26-22-13-8-15-27(18-22)17-20-9-4-2-5-10-20/h2-7,9-12,22H,8,13-19H2,1H3,(H2,24,25,26). The molecule has 0 radical (unpaired) electrons. The van der Waals surface area contributed by atoms with E-state index in [2.05, 4.69) is 50.9 Å². The highest BCUT2D eigenvalue weighted by atomic mass is 32.2. The molecule has 2 aromatic rings. The molecule has 2 unspecified atom stereocenters. The number of guanidine groups is 1. The van der Waals surface area contributed by atoms with Crippen molar-refractivity contribution in [2.45, 2.75) is 31.2 Å². The van der Waals surface area contributed by atoms with E-state index in [1.54, 1.807) is 7.05 Å². The number of piperidine rings is 1. The van der Waals surface area contributed by atoms with Gasteiger partial charge in [-0.2, -0.15) is 0 Å². The predicted octanol–water partition coefficient (Wildman–Crippen LogP) is 2.76. The Morgan fingerprint density at radius 1 is 1.10 bits per heavy atom. The summed E-state index contributed by atoms with van der Waals surface area (Å²) in [5.74, 6) is 2.01. The second-order valence-electron chi connectivity index (χ2n) is 7.48. The van der Waals surface area contributed by atoms with Crippen LogP contribution >= 0.6 is 0 Å². The normalized spacial score (nSPS) is 18.9. The lowest BCUT2D eigenvalue weighted by Crippen LogP contribution is -2.51. The minimum atomic E-state index is -0.878. The molecule has 0 bridgehead atoms. The summed E-state index contributed by atoms with van der Waals surface area (Å²) in [7, 11) is 0.915. The van der Waals surface area contributed by atoms with Crippen LogP contribution in [0.5, 0.6) is 0 Å². The maximum Gasteiger partial charge on any atom is 0.191 e. The zero-order valence-corrected chi connectivity index (χ0v) is 18.0. The largest absolute Gasteiger partial charge is 0.355 e. The molecule has 1 aliphatic heterocycles. The summed E-state index contributed by atoms with van der Waals surface area (Å²) in [6, 6.07) is 21.0. The van der Waals surface area contributed by atoms with Crippen LogP contribution in [0.25, 0.3) is 0 Å². The van der Waals surface area contributed by atoms with Crippen LogP contribution in [0.4, 0.5) is 0 Å². The SMILES string of the molecule is CN=C(NCCS(=O)Cc1ccccc1)NC1CCCN(Cc2ccccc2)C1. The Balaban J connectivity index is 1.39. The fourth-order valence-corrected chi connectivity index (χ4v) is 4.70. The second kappa shape index (κ2) is 11.7. The number of aliphatic imine (C=N–C) groups is 1. The molecule has 0 aromatic heterocycles. The van der Waals surface area contributed by atoms with Gasteiger partial charge in [-0.05, 0) is 30.5 Å². The summed E-state index contributed by atoms with van der Waals surface area (Å²) in [4.78, 5) is 6.85. The maximum atomic E-state index is 12.3. The number of hydrogen-bond donors (Lipinski definition) is 2. The van der Waals surface area contributed by atoms with E-state index < -0.39 is 10.8 Å². The Hall–Kier alpha value is -2.18. The number of rotatable bonds is 8.